The molecule has 0 spiro atoms. The van der Waals surface area contributed by atoms with Crippen LogP contribution in [0.25, 0.3) is 0 Å². The van der Waals surface area contributed by atoms with E-state index >= 15 is 0 Å². The molecular weight excluding hydrogens is 387 g/mol. The van der Waals surface area contributed by atoms with Crippen LogP contribution in [0.3, 0.4) is 0 Å². The number of carbonyl (C=O) groups excluding carboxylic acids is 1. The van der Waals surface area contributed by atoms with Crippen LogP contribution in [0, 0.1) is 5.41 Å². The topological polar surface area (TPSA) is 91.8 Å². The molecule has 1 aromatic carbocycles. The highest BCUT2D eigenvalue weighted by molar-refractivity contribution is 7.92. The summed E-state index contributed by atoms with van der Waals surface area (Å²) < 4.78 is 63.6. The fraction of sp³-hybridized carbons (Fsp3) is 0.429. The summed E-state index contributed by atoms with van der Waals surface area (Å²) in [7, 11) is -4.09. The second-order valence-electron chi connectivity index (χ2n) is 5.66. The number of aliphatic carboxylic acids is 1. The van der Waals surface area contributed by atoms with E-state index in [-0.39, 0.29) is 9.92 Å². The quantitative estimate of drug-likeness (QED) is 0.835. The van der Waals surface area contributed by atoms with E-state index in [1.54, 1.807) is 0 Å². The Hall–Kier alpha value is -1.81. The summed E-state index contributed by atoms with van der Waals surface area (Å²) in [5.74, 6) is -4.22. The van der Waals surface area contributed by atoms with E-state index in [9.17, 15) is 31.2 Å². The molecule has 1 heterocycles. The molecular formula is C14H13ClF3NO5S. The Morgan fingerprint density at radius 3 is 2.24 bits per heavy atom. The van der Waals surface area contributed by atoms with Crippen LogP contribution in [-0.2, 0) is 19.4 Å². The molecule has 1 fully saturated rings. The number of sulfone groups is 1. The number of hydrogen-bond acceptors (Lipinski definition) is 4. The van der Waals surface area contributed by atoms with E-state index in [1.165, 1.54) is 24.3 Å². The van der Waals surface area contributed by atoms with Crippen molar-refractivity contribution in [1.29, 1.82) is 0 Å². The van der Waals surface area contributed by atoms with E-state index in [4.69, 9.17) is 16.7 Å². The molecule has 0 saturated carbocycles. The Labute approximate surface area is 146 Å². The number of amides is 1. The number of benzene rings is 1. The van der Waals surface area contributed by atoms with Crippen molar-refractivity contribution in [2.24, 2.45) is 5.41 Å². The number of carbonyl (C=O) groups is 2. The summed E-state index contributed by atoms with van der Waals surface area (Å²) in [6, 6.07) is 4.94. The van der Waals surface area contributed by atoms with Crippen LogP contribution >= 0.6 is 11.6 Å². The molecule has 1 aromatic rings. The summed E-state index contributed by atoms with van der Waals surface area (Å²) in [6.07, 6.45) is -5.87. The standard InChI is InChI=1S/C14H13ClF3NO5S/c15-9-1-3-10(4-2-9)25(23,24)7-11(20)19-6-5-13(8-19,12(21)22)14(16,17)18/h1-4H,5-8H2,(H,21,22). The highest BCUT2D eigenvalue weighted by atomic mass is 35.5. The average molecular weight is 400 g/mol. The van der Waals surface area contributed by atoms with Crippen molar-refractivity contribution in [3.8, 4) is 0 Å². The Kier molecular flexibility index (Phi) is 5.06. The molecule has 0 radical (unpaired) electrons. The first-order valence-electron chi connectivity index (χ1n) is 6.95. The third-order valence-corrected chi connectivity index (χ3v) is 5.93. The number of hydrogen-bond donors (Lipinski definition) is 1. The Balaban J connectivity index is 2.17. The van der Waals surface area contributed by atoms with Crippen molar-refractivity contribution in [3.63, 3.8) is 0 Å². The molecule has 25 heavy (non-hydrogen) atoms. The van der Waals surface area contributed by atoms with Gasteiger partial charge in [-0.2, -0.15) is 13.2 Å². The highest BCUT2D eigenvalue weighted by Crippen LogP contribution is 2.45. The largest absolute Gasteiger partial charge is 0.481 e. The minimum atomic E-state index is -5.05. The minimum Gasteiger partial charge on any atom is -0.481 e. The summed E-state index contributed by atoms with van der Waals surface area (Å²) in [5, 5.41) is 9.23. The van der Waals surface area contributed by atoms with E-state index in [2.05, 4.69) is 0 Å². The molecule has 1 saturated heterocycles. The van der Waals surface area contributed by atoms with Crippen LogP contribution in [0.15, 0.2) is 29.2 Å². The number of likely N-dealkylation sites (tertiary alicyclic amines) is 1. The van der Waals surface area contributed by atoms with Gasteiger partial charge in [-0.05, 0) is 30.7 Å². The molecule has 0 bridgehead atoms. The molecule has 0 aliphatic carbocycles. The zero-order valence-electron chi connectivity index (χ0n) is 12.6. The van der Waals surface area contributed by atoms with Gasteiger partial charge in [0.05, 0.1) is 4.90 Å². The van der Waals surface area contributed by atoms with Crippen LogP contribution < -0.4 is 0 Å². The molecule has 0 aromatic heterocycles. The highest BCUT2D eigenvalue weighted by Gasteiger charge is 2.64. The molecule has 1 amide bonds. The van der Waals surface area contributed by atoms with Crippen LogP contribution in [-0.4, -0.2) is 55.3 Å². The van der Waals surface area contributed by atoms with Gasteiger partial charge in [0, 0.05) is 18.1 Å². The molecule has 1 aliphatic heterocycles. The third kappa shape index (κ3) is 3.74. The van der Waals surface area contributed by atoms with E-state index in [1.807, 2.05) is 0 Å². The van der Waals surface area contributed by atoms with Crippen LogP contribution in [0.2, 0.25) is 5.02 Å². The smallest absolute Gasteiger partial charge is 0.406 e. The molecule has 6 nitrogen and oxygen atoms in total. The normalized spacial score (nSPS) is 21.4. The number of carboxylic acids is 1. The van der Waals surface area contributed by atoms with E-state index < -0.39 is 58.6 Å². The Bertz CT molecular complexity index is 794. The monoisotopic (exact) mass is 399 g/mol. The fourth-order valence-electron chi connectivity index (χ4n) is 2.53. The van der Waals surface area contributed by atoms with Crippen LogP contribution in [0.4, 0.5) is 13.2 Å². The van der Waals surface area contributed by atoms with E-state index in [0.29, 0.717) is 4.90 Å². The minimum absolute atomic E-state index is 0.204. The predicted octanol–water partition coefficient (Wildman–Crippen LogP) is 1.98. The van der Waals surface area contributed by atoms with Crippen molar-refractivity contribution in [2.75, 3.05) is 18.8 Å². The maximum Gasteiger partial charge on any atom is 0.406 e. The second kappa shape index (κ2) is 6.49. The maximum absolute atomic E-state index is 13.1. The second-order valence-corrected chi connectivity index (χ2v) is 8.09. The molecule has 11 heteroatoms. The van der Waals surface area contributed by atoms with Crippen molar-refractivity contribution in [2.45, 2.75) is 17.5 Å². The predicted molar refractivity (Wildman–Crippen MR) is 80.8 cm³/mol. The van der Waals surface area contributed by atoms with Gasteiger partial charge >= 0.3 is 12.1 Å². The molecule has 1 atom stereocenters. The number of rotatable bonds is 4. The van der Waals surface area contributed by atoms with Crippen LogP contribution in [0.5, 0.6) is 0 Å². The van der Waals surface area contributed by atoms with Gasteiger partial charge in [-0.25, -0.2) is 8.42 Å². The third-order valence-electron chi connectivity index (χ3n) is 4.06. The lowest BCUT2D eigenvalue weighted by atomic mass is 9.86. The summed E-state index contributed by atoms with van der Waals surface area (Å²) in [5.41, 5.74) is -3.08. The van der Waals surface area contributed by atoms with Gasteiger partial charge in [0.2, 0.25) is 5.91 Å². The first-order chi connectivity index (χ1) is 11.4. The lowest BCUT2D eigenvalue weighted by molar-refractivity contribution is -0.227. The molecule has 1 unspecified atom stereocenters. The summed E-state index contributed by atoms with van der Waals surface area (Å²) in [4.78, 5) is 23.6. The Morgan fingerprint density at radius 2 is 1.80 bits per heavy atom. The van der Waals surface area contributed by atoms with Gasteiger partial charge in [0.25, 0.3) is 0 Å². The SMILES string of the molecule is O=C(CS(=O)(=O)c1ccc(Cl)cc1)N1CCC(C(=O)O)(C(F)(F)F)C1. The van der Waals surface area contributed by atoms with Crippen molar-refractivity contribution >= 4 is 33.3 Å². The van der Waals surface area contributed by atoms with Gasteiger partial charge in [0.1, 0.15) is 5.75 Å². The average Bonchev–Trinajstić information content (AvgIpc) is 2.93. The lowest BCUT2D eigenvalue weighted by Crippen LogP contribution is -2.48. The number of carboxylic acid groups (broad SMARTS) is 1. The molecule has 2 rings (SSSR count). The van der Waals surface area contributed by atoms with Gasteiger partial charge < -0.3 is 10.0 Å². The zero-order valence-corrected chi connectivity index (χ0v) is 14.2. The number of nitrogens with zero attached hydrogens (tertiary/aromatic N) is 1. The zero-order chi connectivity index (χ0) is 19.0. The van der Waals surface area contributed by atoms with Gasteiger partial charge in [0.15, 0.2) is 15.3 Å². The maximum atomic E-state index is 13.1. The lowest BCUT2D eigenvalue weighted by Gasteiger charge is -2.27. The number of alkyl halides is 3. The first-order valence-corrected chi connectivity index (χ1v) is 8.98. The van der Waals surface area contributed by atoms with Crippen molar-refractivity contribution < 1.29 is 36.3 Å². The van der Waals surface area contributed by atoms with Crippen molar-refractivity contribution in [1.82, 2.24) is 4.90 Å². The molecule has 1 N–H and O–H groups in total. The van der Waals surface area contributed by atoms with Gasteiger partial charge in [-0.3, -0.25) is 9.59 Å². The van der Waals surface area contributed by atoms with Gasteiger partial charge in [-0.1, -0.05) is 11.6 Å². The fourth-order valence-corrected chi connectivity index (χ4v) is 3.88. The Morgan fingerprint density at radius 1 is 1.24 bits per heavy atom. The summed E-state index contributed by atoms with van der Waals surface area (Å²) >= 11 is 5.64. The first kappa shape index (κ1) is 19.5. The number of halogens is 4. The van der Waals surface area contributed by atoms with Crippen molar-refractivity contribution in [3.05, 3.63) is 29.3 Å². The van der Waals surface area contributed by atoms with Crippen LogP contribution in [0.1, 0.15) is 6.42 Å². The summed E-state index contributed by atoms with van der Waals surface area (Å²) in [6.45, 7) is -1.60. The molecule has 138 valence electrons. The van der Waals surface area contributed by atoms with Gasteiger partial charge in [-0.15, -0.1) is 0 Å². The molecule has 1 aliphatic rings. The van der Waals surface area contributed by atoms with E-state index in [0.717, 1.165) is 0 Å².